The van der Waals surface area contributed by atoms with E-state index in [2.05, 4.69) is 62.5 Å². The zero-order valence-corrected chi connectivity index (χ0v) is 49.7. The summed E-state index contributed by atoms with van der Waals surface area (Å²) in [6, 6.07) is 15.5. The number of benzene rings is 2. The number of halogens is 2. The van der Waals surface area contributed by atoms with Crippen LogP contribution in [0.2, 0.25) is 10.0 Å². The van der Waals surface area contributed by atoms with E-state index in [9.17, 15) is 19.8 Å². The Kier molecular flexibility index (Phi) is 21.7. The number of piperidine rings is 4. The van der Waals surface area contributed by atoms with Gasteiger partial charge in [0.2, 0.25) is 11.8 Å². The second-order valence-electron chi connectivity index (χ2n) is 25.5. The van der Waals surface area contributed by atoms with E-state index in [-0.39, 0.29) is 59.5 Å². The minimum atomic E-state index is -0.528. The molecule has 4 aliphatic heterocycles. The van der Waals surface area contributed by atoms with Gasteiger partial charge in [-0.05, 0) is 180 Å². The number of hydrogen-bond donors (Lipinski definition) is 4. The smallest absolute Gasteiger partial charge is 0.240 e. The van der Waals surface area contributed by atoms with Crippen molar-refractivity contribution in [2.75, 3.05) is 65.5 Å². The first-order valence-electron chi connectivity index (χ1n) is 31.5. The lowest BCUT2D eigenvalue weighted by Gasteiger charge is -2.48. The summed E-state index contributed by atoms with van der Waals surface area (Å²) in [5, 5.41) is 40.2. The number of aliphatic hydroxyl groups is 2. The summed E-state index contributed by atoms with van der Waals surface area (Å²) < 4.78 is 4.04. The van der Waals surface area contributed by atoms with Crippen LogP contribution < -0.4 is 10.6 Å². The number of aromatic nitrogens is 6. The van der Waals surface area contributed by atoms with Crippen molar-refractivity contribution in [1.29, 1.82) is 0 Å². The van der Waals surface area contributed by atoms with Gasteiger partial charge in [0.1, 0.15) is 25.3 Å². The fraction of sp³-hybridized carbons (Fsp3) is 0.714. The number of amides is 2. The van der Waals surface area contributed by atoms with E-state index in [1.54, 1.807) is 12.7 Å². The summed E-state index contributed by atoms with van der Waals surface area (Å²) in [4.78, 5) is 47.2. The highest BCUT2D eigenvalue weighted by Crippen LogP contribution is 2.48. The predicted octanol–water partition coefficient (Wildman–Crippen LogP) is 8.48. The first-order chi connectivity index (χ1) is 39.5. The first-order valence-corrected chi connectivity index (χ1v) is 32.3. The van der Waals surface area contributed by atoms with Crippen molar-refractivity contribution in [3.8, 4) is 0 Å². The van der Waals surface area contributed by atoms with Crippen LogP contribution >= 0.6 is 23.2 Å². The van der Waals surface area contributed by atoms with Gasteiger partial charge in [0.15, 0.2) is 0 Å². The van der Waals surface area contributed by atoms with Crippen molar-refractivity contribution in [2.45, 2.75) is 197 Å². The van der Waals surface area contributed by atoms with Gasteiger partial charge in [-0.1, -0.05) is 86.0 Å². The number of carbonyl (C=O) groups excluding carboxylic acids is 2. The largest absolute Gasteiger partial charge is 0.396 e. The normalized spacial score (nSPS) is 22.8. The zero-order valence-electron chi connectivity index (χ0n) is 48.2. The van der Waals surface area contributed by atoms with Crippen molar-refractivity contribution in [3.05, 3.63) is 95.0 Å². The average Bonchev–Trinajstić information content (AvgIpc) is 4.31. The minimum Gasteiger partial charge on any atom is -0.396 e. The third kappa shape index (κ3) is 16.1. The van der Waals surface area contributed by atoms with E-state index in [0.29, 0.717) is 47.6 Å². The molecule has 444 valence electrons. The molecule has 0 bridgehead atoms. The van der Waals surface area contributed by atoms with E-state index >= 15 is 0 Å². The molecule has 81 heavy (non-hydrogen) atoms. The molecule has 4 atom stereocenters. The van der Waals surface area contributed by atoms with Crippen LogP contribution in [0.5, 0.6) is 0 Å². The lowest BCUT2D eigenvalue weighted by Crippen LogP contribution is -2.57. The summed E-state index contributed by atoms with van der Waals surface area (Å²) >= 11 is 12.7. The fourth-order valence-electron chi connectivity index (χ4n) is 15.7. The molecule has 2 aliphatic carbocycles. The van der Waals surface area contributed by atoms with Gasteiger partial charge in [0.05, 0.1) is 18.2 Å². The molecule has 4 aromatic rings. The van der Waals surface area contributed by atoms with E-state index in [0.717, 1.165) is 141 Å². The SMILES string of the molecule is O=C([C@@H](Cc1ccc(Cl)cc1)NC1CCN(CCC(O)C(CCCO)N2CCC(N[C@H](Cc3ccc(Cl)cc3)C(=O)N3CCC(Cn4cncn4)(C4CCCCC4)CC3)CC2)CC1)N1CCC(Cn2cncn2)(C2CCCCC2)CC1. The molecule has 2 amide bonds. The highest BCUT2D eigenvalue weighted by molar-refractivity contribution is 6.30. The molecular weight excluding hydrogens is 1060 g/mol. The van der Waals surface area contributed by atoms with Crippen molar-refractivity contribution in [2.24, 2.45) is 22.7 Å². The molecule has 6 heterocycles. The number of carbonyl (C=O) groups is 2. The fourth-order valence-corrected chi connectivity index (χ4v) is 16.0. The van der Waals surface area contributed by atoms with Crippen molar-refractivity contribution in [1.82, 2.24) is 59.8 Å². The molecule has 4 saturated heterocycles. The standard InChI is InChI=1S/C63H94Cl2N12O4/c64-52-17-13-48(14-18-52)40-56(60(80)74-35-26-62(27-36-74,42-76-46-66-44-68-76)50-8-3-1-4-9-50)70-54-21-30-72(31-22-54)32-25-59(79)58(12-7-39-78)73-33-23-55(24-34-73)71-57(41-49-15-19-53(65)20-16-49)61(81)75-37-28-63(29-38-75,43-77-47-67-45-69-77)51-10-5-2-6-11-51/h13-20,44-47,50-51,54-59,70-71,78-79H,1-12,21-43H2/t56-,57-,58?,59?/m1/s1. The topological polar surface area (TPSA) is 173 Å². The third-order valence-electron chi connectivity index (χ3n) is 20.6. The Balaban J connectivity index is 0.713. The highest BCUT2D eigenvalue weighted by Gasteiger charge is 2.46. The van der Waals surface area contributed by atoms with Gasteiger partial charge in [-0.2, -0.15) is 10.2 Å². The second-order valence-corrected chi connectivity index (χ2v) is 26.4. The van der Waals surface area contributed by atoms with Gasteiger partial charge in [-0.15, -0.1) is 0 Å². The number of aliphatic hydroxyl groups excluding tert-OH is 2. The summed E-state index contributed by atoms with van der Waals surface area (Å²) in [6.45, 7) is 9.09. The van der Waals surface area contributed by atoms with Gasteiger partial charge >= 0.3 is 0 Å². The lowest BCUT2D eigenvalue weighted by molar-refractivity contribution is -0.138. The Bertz CT molecular complexity index is 2480. The maximum absolute atomic E-state index is 14.8. The molecule has 6 aliphatic rings. The molecule has 2 saturated carbocycles. The number of hydrogen-bond acceptors (Lipinski definition) is 12. The van der Waals surface area contributed by atoms with Gasteiger partial charge in [0, 0.05) is 93.7 Å². The van der Waals surface area contributed by atoms with E-state index in [1.807, 2.05) is 58.4 Å². The van der Waals surface area contributed by atoms with E-state index < -0.39 is 6.10 Å². The van der Waals surface area contributed by atoms with Crippen LogP contribution in [0.25, 0.3) is 0 Å². The molecule has 2 aromatic heterocycles. The number of nitrogens with one attached hydrogen (secondary N) is 2. The summed E-state index contributed by atoms with van der Waals surface area (Å²) in [6.07, 6.45) is 30.0. The first kappa shape index (κ1) is 60.1. The molecule has 16 nitrogen and oxygen atoms in total. The molecule has 2 unspecified atom stereocenters. The van der Waals surface area contributed by atoms with E-state index in [4.69, 9.17) is 23.2 Å². The average molecular weight is 1150 g/mol. The molecule has 18 heteroatoms. The molecular formula is C63H94Cl2N12O4. The molecule has 10 rings (SSSR count). The molecule has 4 N–H and O–H groups in total. The maximum atomic E-state index is 14.8. The lowest BCUT2D eigenvalue weighted by atomic mass is 9.63. The minimum absolute atomic E-state index is 0.0519. The van der Waals surface area contributed by atoms with Gasteiger partial charge in [-0.25, -0.2) is 9.97 Å². The Morgan fingerprint density at radius 3 is 1.42 bits per heavy atom. The van der Waals surface area contributed by atoms with Crippen LogP contribution in [-0.2, 0) is 35.5 Å². The van der Waals surface area contributed by atoms with E-state index in [1.165, 1.54) is 64.2 Å². The Morgan fingerprint density at radius 2 is 1.01 bits per heavy atom. The Morgan fingerprint density at radius 1 is 0.580 bits per heavy atom. The van der Waals surface area contributed by atoms with Crippen LogP contribution in [0.15, 0.2) is 73.8 Å². The molecule has 0 spiro atoms. The zero-order chi connectivity index (χ0) is 56.0. The maximum Gasteiger partial charge on any atom is 0.240 e. The quantitative estimate of drug-likeness (QED) is 0.0528. The third-order valence-corrected chi connectivity index (χ3v) is 21.1. The summed E-state index contributed by atoms with van der Waals surface area (Å²) in [5.41, 5.74) is 2.44. The monoisotopic (exact) mass is 1150 g/mol. The van der Waals surface area contributed by atoms with Crippen LogP contribution in [0.4, 0.5) is 0 Å². The van der Waals surface area contributed by atoms with Gasteiger partial charge in [0.25, 0.3) is 0 Å². The summed E-state index contributed by atoms with van der Waals surface area (Å²) in [7, 11) is 0. The highest BCUT2D eigenvalue weighted by atomic mass is 35.5. The van der Waals surface area contributed by atoms with Crippen molar-refractivity contribution < 1.29 is 19.8 Å². The Hall–Kier alpha value is -4.00. The Labute approximate surface area is 492 Å². The molecule has 0 radical (unpaired) electrons. The number of rotatable bonds is 24. The number of nitrogens with zero attached hydrogens (tertiary/aromatic N) is 10. The van der Waals surface area contributed by atoms with Crippen LogP contribution in [0.3, 0.4) is 0 Å². The van der Waals surface area contributed by atoms with Crippen LogP contribution in [0, 0.1) is 22.7 Å². The molecule has 2 aromatic carbocycles. The predicted molar refractivity (Wildman–Crippen MR) is 319 cm³/mol. The van der Waals surface area contributed by atoms with Crippen molar-refractivity contribution >= 4 is 35.0 Å². The molecule has 6 fully saturated rings. The van der Waals surface area contributed by atoms with Gasteiger partial charge < -0.3 is 35.5 Å². The van der Waals surface area contributed by atoms with Crippen LogP contribution in [0.1, 0.15) is 146 Å². The van der Waals surface area contributed by atoms with Crippen molar-refractivity contribution in [3.63, 3.8) is 0 Å². The number of likely N-dealkylation sites (tertiary alicyclic amines) is 4. The summed E-state index contributed by atoms with van der Waals surface area (Å²) in [5.74, 6) is 1.67. The second kappa shape index (κ2) is 29.2. The van der Waals surface area contributed by atoms with Gasteiger partial charge in [-0.3, -0.25) is 23.9 Å². The van der Waals surface area contributed by atoms with Crippen LogP contribution in [-0.4, -0.2) is 173 Å².